The molecule has 0 aliphatic carbocycles. The van der Waals surface area contributed by atoms with Crippen molar-refractivity contribution in [3.8, 4) is 0 Å². The molecule has 0 aromatic carbocycles. The normalized spacial score (nSPS) is 13.3. The number of aromatic nitrogens is 1. The third kappa shape index (κ3) is 1.66. The number of fused-ring (bicyclic) bond motifs is 1. The molecule has 1 aromatic heterocycles. The van der Waals surface area contributed by atoms with Crippen molar-refractivity contribution in [2.24, 2.45) is 7.05 Å². The van der Waals surface area contributed by atoms with Crippen LogP contribution in [0.1, 0.15) is 24.2 Å². The molecule has 1 amide bonds. The lowest BCUT2D eigenvalue weighted by Gasteiger charge is -2.16. The number of rotatable bonds is 0. The average molecular weight is 181 g/mol. The number of aryl methyl sites for hydroxylation is 1. The summed E-state index contributed by atoms with van der Waals surface area (Å²) in [6.07, 6.45) is 1.86. The van der Waals surface area contributed by atoms with Gasteiger partial charge in [-0.25, -0.2) is 0 Å². The lowest BCUT2D eigenvalue weighted by Crippen LogP contribution is -2.34. The van der Waals surface area contributed by atoms with Crippen molar-refractivity contribution in [1.82, 2.24) is 9.88 Å². The van der Waals surface area contributed by atoms with Gasteiger partial charge in [-0.2, -0.15) is 0 Å². The maximum atomic E-state index is 11.1. The summed E-state index contributed by atoms with van der Waals surface area (Å²) < 4.78 is 1.90. The molecule has 0 saturated carbocycles. The quantitative estimate of drug-likeness (QED) is 0.631. The molecule has 72 valence electrons. The van der Waals surface area contributed by atoms with Gasteiger partial charge < -0.3 is 15.2 Å². The van der Waals surface area contributed by atoms with E-state index in [0.717, 1.165) is 11.4 Å². The van der Waals surface area contributed by atoms with Gasteiger partial charge in [-0.3, -0.25) is 4.79 Å². The number of nitrogens with zero attached hydrogens (tertiary/aromatic N) is 1. The Labute approximate surface area is 77.9 Å². The van der Waals surface area contributed by atoms with Gasteiger partial charge in [0.1, 0.15) is 5.82 Å². The molecule has 0 saturated heterocycles. The first-order valence-corrected chi connectivity index (χ1v) is 4.46. The fraction of sp³-hybridized carbons (Fsp3) is 0.444. The number of carbonyl (C=O) groups excluding carboxylic acids is 1. The molecule has 0 fully saturated rings. The topological polar surface area (TPSA) is 46.1 Å². The Morgan fingerprint density at radius 1 is 1.38 bits per heavy atom. The van der Waals surface area contributed by atoms with E-state index in [0.29, 0.717) is 6.67 Å². The zero-order chi connectivity index (χ0) is 9.84. The highest BCUT2D eigenvalue weighted by Gasteiger charge is 2.17. The minimum absolute atomic E-state index is 0.000602. The zero-order valence-electron chi connectivity index (χ0n) is 8.22. The Hall–Kier alpha value is -1.45. The highest BCUT2D eigenvalue weighted by Crippen LogP contribution is 2.17. The summed E-state index contributed by atoms with van der Waals surface area (Å²) >= 11 is 0. The number of carbonyl (C=O) groups is 1. The summed E-state index contributed by atoms with van der Waals surface area (Å²) in [5.74, 6) is 0.896. The van der Waals surface area contributed by atoms with E-state index in [9.17, 15) is 4.79 Å². The van der Waals surface area contributed by atoms with E-state index in [-0.39, 0.29) is 5.91 Å². The number of nitrogens with one attached hydrogen (secondary N) is 2. The smallest absolute Gasteiger partial charge is 0.256 e. The van der Waals surface area contributed by atoms with Gasteiger partial charge in [0.15, 0.2) is 0 Å². The van der Waals surface area contributed by atoms with Gasteiger partial charge in [-0.1, -0.05) is 13.8 Å². The predicted octanol–water partition coefficient (Wildman–Crippen LogP) is 1.16. The summed E-state index contributed by atoms with van der Waals surface area (Å²) in [7, 11) is 1.91. The van der Waals surface area contributed by atoms with E-state index >= 15 is 0 Å². The molecule has 0 unspecified atom stereocenters. The second kappa shape index (κ2) is 3.98. The van der Waals surface area contributed by atoms with Gasteiger partial charge in [0, 0.05) is 13.2 Å². The van der Waals surface area contributed by atoms with Crippen molar-refractivity contribution in [3.63, 3.8) is 0 Å². The minimum Gasteiger partial charge on any atom is -0.353 e. The van der Waals surface area contributed by atoms with Crippen molar-refractivity contribution in [2.75, 3.05) is 12.0 Å². The molecule has 0 atom stereocenters. The Morgan fingerprint density at radius 2 is 2.08 bits per heavy atom. The van der Waals surface area contributed by atoms with Gasteiger partial charge in [-0.05, 0) is 6.07 Å². The minimum atomic E-state index is -0.000602. The Balaban J connectivity index is 0.000000396. The highest BCUT2D eigenvalue weighted by atomic mass is 16.1. The first-order valence-electron chi connectivity index (χ1n) is 4.46. The number of amides is 1. The molecule has 0 spiro atoms. The molecule has 1 aliphatic rings. The number of hydrogen-bond donors (Lipinski definition) is 2. The predicted molar refractivity (Wildman–Crippen MR) is 52.7 cm³/mol. The van der Waals surface area contributed by atoms with Gasteiger partial charge in [0.05, 0.1) is 12.2 Å². The van der Waals surface area contributed by atoms with Crippen LogP contribution in [0.15, 0.2) is 12.3 Å². The average Bonchev–Trinajstić information content (AvgIpc) is 2.53. The van der Waals surface area contributed by atoms with Crippen LogP contribution < -0.4 is 10.6 Å². The van der Waals surface area contributed by atoms with Crippen LogP contribution in [-0.4, -0.2) is 17.1 Å². The van der Waals surface area contributed by atoms with Gasteiger partial charge in [0.25, 0.3) is 5.91 Å². The van der Waals surface area contributed by atoms with E-state index in [1.165, 1.54) is 0 Å². The molecule has 4 heteroatoms. The van der Waals surface area contributed by atoms with Crippen LogP contribution in [0.2, 0.25) is 0 Å². The third-order valence-electron chi connectivity index (χ3n) is 1.82. The first kappa shape index (κ1) is 9.64. The summed E-state index contributed by atoms with van der Waals surface area (Å²) in [5.41, 5.74) is 0.721. The molecule has 1 aliphatic heterocycles. The second-order valence-electron chi connectivity index (χ2n) is 2.55. The van der Waals surface area contributed by atoms with Gasteiger partial charge in [-0.15, -0.1) is 0 Å². The molecule has 0 bridgehead atoms. The van der Waals surface area contributed by atoms with E-state index < -0.39 is 0 Å². The van der Waals surface area contributed by atoms with Crippen LogP contribution in [-0.2, 0) is 7.05 Å². The molecule has 2 heterocycles. The number of anilines is 1. The number of hydrogen-bond acceptors (Lipinski definition) is 2. The van der Waals surface area contributed by atoms with Crippen LogP contribution in [0.4, 0.5) is 5.82 Å². The fourth-order valence-corrected chi connectivity index (χ4v) is 1.24. The second-order valence-corrected chi connectivity index (χ2v) is 2.55. The molecular formula is C9H15N3O. The van der Waals surface area contributed by atoms with Gasteiger partial charge >= 0.3 is 0 Å². The van der Waals surface area contributed by atoms with E-state index in [4.69, 9.17) is 0 Å². The summed E-state index contributed by atoms with van der Waals surface area (Å²) in [6, 6.07) is 1.80. The summed E-state index contributed by atoms with van der Waals surface area (Å²) in [5, 5.41) is 5.76. The molecule has 0 radical (unpaired) electrons. The molecule has 4 nitrogen and oxygen atoms in total. The molecule has 2 N–H and O–H groups in total. The van der Waals surface area contributed by atoms with E-state index in [1.54, 1.807) is 6.07 Å². The standard InChI is InChI=1S/C7H9N3O.C2H6/c1-10-3-2-5-6(10)8-4-9-7(5)11;1-2/h2-3,8H,4H2,1H3,(H,9,11);1-2H3. The highest BCUT2D eigenvalue weighted by molar-refractivity contribution is 6.00. The van der Waals surface area contributed by atoms with Crippen LogP contribution in [0.5, 0.6) is 0 Å². The summed E-state index contributed by atoms with van der Waals surface area (Å²) in [6.45, 7) is 4.52. The third-order valence-corrected chi connectivity index (χ3v) is 1.82. The van der Waals surface area contributed by atoms with Crippen LogP contribution in [0.25, 0.3) is 0 Å². The zero-order valence-corrected chi connectivity index (χ0v) is 8.22. The van der Waals surface area contributed by atoms with E-state index in [1.807, 2.05) is 31.7 Å². The monoisotopic (exact) mass is 181 g/mol. The van der Waals surface area contributed by atoms with Crippen molar-refractivity contribution >= 4 is 11.7 Å². The van der Waals surface area contributed by atoms with Crippen molar-refractivity contribution in [3.05, 3.63) is 17.8 Å². The lowest BCUT2D eigenvalue weighted by atomic mass is 10.2. The molecular weight excluding hydrogens is 166 g/mol. The molecule has 13 heavy (non-hydrogen) atoms. The largest absolute Gasteiger partial charge is 0.353 e. The van der Waals surface area contributed by atoms with Crippen molar-refractivity contribution < 1.29 is 4.79 Å². The fourth-order valence-electron chi connectivity index (χ4n) is 1.24. The Bertz CT molecular complexity index is 304. The maximum Gasteiger partial charge on any atom is 0.256 e. The molecule has 2 rings (SSSR count). The van der Waals surface area contributed by atoms with E-state index in [2.05, 4.69) is 10.6 Å². The van der Waals surface area contributed by atoms with Crippen molar-refractivity contribution in [2.45, 2.75) is 13.8 Å². The van der Waals surface area contributed by atoms with Crippen LogP contribution in [0, 0.1) is 0 Å². The Kier molecular flexibility index (Phi) is 2.95. The summed E-state index contributed by atoms with van der Waals surface area (Å²) in [4.78, 5) is 11.1. The van der Waals surface area contributed by atoms with Crippen molar-refractivity contribution in [1.29, 1.82) is 0 Å². The first-order chi connectivity index (χ1) is 6.29. The maximum absolute atomic E-state index is 11.1. The SMILES string of the molecule is CC.Cn1ccc2c1NCNC2=O. The molecule has 1 aromatic rings. The Morgan fingerprint density at radius 3 is 2.69 bits per heavy atom. The van der Waals surface area contributed by atoms with Crippen LogP contribution >= 0.6 is 0 Å². The van der Waals surface area contributed by atoms with Gasteiger partial charge in [0.2, 0.25) is 0 Å². The lowest BCUT2D eigenvalue weighted by molar-refractivity contribution is 0.0952. The van der Waals surface area contributed by atoms with Crippen LogP contribution in [0.3, 0.4) is 0 Å².